The van der Waals surface area contributed by atoms with Crippen molar-refractivity contribution in [2.75, 3.05) is 0 Å². The highest BCUT2D eigenvalue weighted by atomic mass is 15.0. The number of fused-ring (bicyclic) bond motifs is 3. The SMILES string of the molecule is c1ccc(-c2cccc(-c3cccc(-c4cccc(-c5nc(-c6cc(-c7ccccc7)cc(-c7ccccc7)c6)c6c(n5)c5ccccc5n6-c5ccccc5)c4)c3)c2)cc1. The van der Waals surface area contributed by atoms with E-state index in [1.807, 2.05) is 0 Å². The summed E-state index contributed by atoms with van der Waals surface area (Å²) in [6.07, 6.45) is 0. The van der Waals surface area contributed by atoms with Gasteiger partial charge in [0.1, 0.15) is 5.52 Å². The third-order valence-corrected chi connectivity index (χ3v) is 11.6. The Morgan fingerprint density at radius 1 is 0.279 bits per heavy atom. The third-order valence-electron chi connectivity index (χ3n) is 11.6. The van der Waals surface area contributed by atoms with Crippen molar-refractivity contribution in [3.8, 4) is 84.0 Å². The zero-order chi connectivity index (χ0) is 40.5. The van der Waals surface area contributed by atoms with E-state index >= 15 is 0 Å². The van der Waals surface area contributed by atoms with Crippen LogP contribution in [0.5, 0.6) is 0 Å². The molecule has 61 heavy (non-hydrogen) atoms. The average molecular weight is 778 g/mol. The molecule has 0 unspecified atom stereocenters. The summed E-state index contributed by atoms with van der Waals surface area (Å²) in [6.45, 7) is 0. The lowest BCUT2D eigenvalue weighted by Gasteiger charge is -2.15. The van der Waals surface area contributed by atoms with Gasteiger partial charge in [0.15, 0.2) is 5.82 Å². The summed E-state index contributed by atoms with van der Waals surface area (Å²) in [6, 6.07) is 84.1. The molecule has 9 aromatic carbocycles. The van der Waals surface area contributed by atoms with Crippen LogP contribution >= 0.6 is 0 Å². The maximum Gasteiger partial charge on any atom is 0.160 e. The van der Waals surface area contributed by atoms with Gasteiger partial charge in [0, 0.05) is 22.2 Å². The minimum atomic E-state index is 0.679. The Labute approximate surface area is 355 Å². The van der Waals surface area contributed by atoms with Gasteiger partial charge in [-0.05, 0) is 110 Å². The molecule has 0 N–H and O–H groups in total. The molecule has 0 aliphatic rings. The molecule has 0 aliphatic heterocycles. The van der Waals surface area contributed by atoms with E-state index in [1.165, 1.54) is 22.3 Å². The minimum absolute atomic E-state index is 0.679. The lowest BCUT2D eigenvalue weighted by atomic mass is 9.94. The molecule has 2 heterocycles. The first-order valence-electron chi connectivity index (χ1n) is 20.7. The summed E-state index contributed by atoms with van der Waals surface area (Å²) in [7, 11) is 0. The summed E-state index contributed by atoms with van der Waals surface area (Å²) in [5, 5.41) is 1.08. The van der Waals surface area contributed by atoms with Crippen LogP contribution in [0.4, 0.5) is 0 Å². The van der Waals surface area contributed by atoms with Crippen molar-refractivity contribution in [1.82, 2.24) is 14.5 Å². The fourth-order valence-corrected chi connectivity index (χ4v) is 8.60. The molecule has 3 nitrogen and oxygen atoms in total. The highest BCUT2D eigenvalue weighted by Crippen LogP contribution is 2.41. The van der Waals surface area contributed by atoms with E-state index < -0.39 is 0 Å². The van der Waals surface area contributed by atoms with E-state index in [9.17, 15) is 0 Å². The van der Waals surface area contributed by atoms with Crippen molar-refractivity contribution in [3.05, 3.63) is 237 Å². The number of aromatic nitrogens is 3. The summed E-state index contributed by atoms with van der Waals surface area (Å²) in [4.78, 5) is 11.1. The number of para-hydroxylation sites is 2. The second-order valence-corrected chi connectivity index (χ2v) is 15.4. The quantitative estimate of drug-likeness (QED) is 0.154. The number of benzene rings is 9. The van der Waals surface area contributed by atoms with Gasteiger partial charge < -0.3 is 4.57 Å². The second kappa shape index (κ2) is 15.6. The number of rotatable bonds is 8. The normalized spacial score (nSPS) is 11.3. The van der Waals surface area contributed by atoms with E-state index in [0.29, 0.717) is 5.82 Å². The first kappa shape index (κ1) is 36.0. The number of hydrogen-bond donors (Lipinski definition) is 0. The Balaban J connectivity index is 1.11. The van der Waals surface area contributed by atoms with Crippen LogP contribution in [0.25, 0.3) is 106 Å². The van der Waals surface area contributed by atoms with Gasteiger partial charge in [0.05, 0.1) is 16.7 Å². The van der Waals surface area contributed by atoms with Gasteiger partial charge in [0.25, 0.3) is 0 Å². The minimum Gasteiger partial charge on any atom is -0.306 e. The molecule has 0 saturated carbocycles. The first-order chi connectivity index (χ1) is 30.2. The van der Waals surface area contributed by atoms with Crippen LogP contribution in [0.15, 0.2) is 237 Å². The highest BCUT2D eigenvalue weighted by molar-refractivity contribution is 6.12. The highest BCUT2D eigenvalue weighted by Gasteiger charge is 2.22. The molecule has 11 aromatic rings. The summed E-state index contributed by atoms with van der Waals surface area (Å²) in [5.74, 6) is 0.679. The van der Waals surface area contributed by atoms with Crippen LogP contribution in [0.3, 0.4) is 0 Å². The first-order valence-corrected chi connectivity index (χ1v) is 20.7. The standard InChI is InChI=1S/C58H39N3/c1-5-18-40(19-6-1)43-24-15-25-44(34-43)45-26-16-27-46(35-45)47-28-17-29-48(36-47)58-59-55(57-56(60-58)53-32-13-14-33-54(53)61(57)52-30-11-4-12-31-52)51-38-49(41-20-7-2-8-21-41)37-50(39-51)42-22-9-3-10-23-42/h1-39H. The molecular formula is C58H39N3. The zero-order valence-corrected chi connectivity index (χ0v) is 33.4. The van der Waals surface area contributed by atoms with Crippen LogP contribution in [0.1, 0.15) is 0 Å². The maximum atomic E-state index is 5.60. The fourth-order valence-electron chi connectivity index (χ4n) is 8.60. The van der Waals surface area contributed by atoms with Gasteiger partial charge in [-0.25, -0.2) is 9.97 Å². The Bertz CT molecular complexity index is 3280. The predicted octanol–water partition coefficient (Wildman–Crippen LogP) is 15.2. The summed E-state index contributed by atoms with van der Waals surface area (Å²) >= 11 is 0. The Morgan fingerprint density at radius 2 is 0.656 bits per heavy atom. The average Bonchev–Trinajstić information content (AvgIpc) is 3.69. The van der Waals surface area contributed by atoms with Gasteiger partial charge in [-0.1, -0.05) is 182 Å². The van der Waals surface area contributed by atoms with Crippen LogP contribution in [0.2, 0.25) is 0 Å². The van der Waals surface area contributed by atoms with Gasteiger partial charge in [-0.2, -0.15) is 0 Å². The monoisotopic (exact) mass is 777 g/mol. The van der Waals surface area contributed by atoms with E-state index in [-0.39, 0.29) is 0 Å². The van der Waals surface area contributed by atoms with E-state index in [0.717, 1.165) is 77.8 Å². The van der Waals surface area contributed by atoms with Gasteiger partial charge in [-0.15, -0.1) is 0 Å². The van der Waals surface area contributed by atoms with E-state index in [1.54, 1.807) is 0 Å². The molecule has 0 spiro atoms. The van der Waals surface area contributed by atoms with Crippen LogP contribution in [-0.2, 0) is 0 Å². The van der Waals surface area contributed by atoms with Crippen molar-refractivity contribution in [2.45, 2.75) is 0 Å². The number of nitrogens with zero attached hydrogens (tertiary/aromatic N) is 3. The fraction of sp³-hybridized carbons (Fsp3) is 0. The molecule has 286 valence electrons. The van der Waals surface area contributed by atoms with Crippen molar-refractivity contribution in [2.24, 2.45) is 0 Å². The Morgan fingerprint density at radius 3 is 1.20 bits per heavy atom. The van der Waals surface area contributed by atoms with Gasteiger partial charge in [-0.3, -0.25) is 0 Å². The molecule has 0 saturated heterocycles. The van der Waals surface area contributed by atoms with Gasteiger partial charge in [0.2, 0.25) is 0 Å². The van der Waals surface area contributed by atoms with Crippen LogP contribution in [-0.4, -0.2) is 14.5 Å². The lowest BCUT2D eigenvalue weighted by Crippen LogP contribution is -2.00. The summed E-state index contributed by atoms with van der Waals surface area (Å²) < 4.78 is 2.33. The molecule has 0 fully saturated rings. The van der Waals surface area contributed by atoms with E-state index in [4.69, 9.17) is 9.97 Å². The molecule has 0 aliphatic carbocycles. The van der Waals surface area contributed by atoms with Crippen molar-refractivity contribution in [3.63, 3.8) is 0 Å². The number of hydrogen-bond acceptors (Lipinski definition) is 2. The van der Waals surface area contributed by atoms with Crippen molar-refractivity contribution >= 4 is 21.9 Å². The molecule has 0 atom stereocenters. The molecule has 0 amide bonds. The largest absolute Gasteiger partial charge is 0.306 e. The van der Waals surface area contributed by atoms with Crippen LogP contribution < -0.4 is 0 Å². The molecular weight excluding hydrogens is 739 g/mol. The molecule has 11 rings (SSSR count). The molecule has 0 bridgehead atoms. The van der Waals surface area contributed by atoms with Crippen LogP contribution in [0, 0.1) is 0 Å². The molecule has 3 heteroatoms. The zero-order valence-electron chi connectivity index (χ0n) is 33.4. The third kappa shape index (κ3) is 6.88. The van der Waals surface area contributed by atoms with Crippen molar-refractivity contribution in [1.29, 1.82) is 0 Å². The maximum absolute atomic E-state index is 5.60. The second-order valence-electron chi connectivity index (χ2n) is 15.4. The molecule has 2 aromatic heterocycles. The predicted molar refractivity (Wildman–Crippen MR) is 254 cm³/mol. The molecule has 0 radical (unpaired) electrons. The van der Waals surface area contributed by atoms with Crippen molar-refractivity contribution < 1.29 is 0 Å². The lowest BCUT2D eigenvalue weighted by molar-refractivity contribution is 1.15. The Kier molecular flexibility index (Phi) is 9.18. The van der Waals surface area contributed by atoms with E-state index in [2.05, 4.69) is 241 Å². The topological polar surface area (TPSA) is 30.7 Å². The summed E-state index contributed by atoms with van der Waals surface area (Å²) in [5.41, 5.74) is 18.4. The smallest absolute Gasteiger partial charge is 0.160 e. The van der Waals surface area contributed by atoms with Gasteiger partial charge >= 0.3 is 0 Å². The Hall–Kier alpha value is -8.14.